The summed E-state index contributed by atoms with van der Waals surface area (Å²) in [4.78, 5) is 31.1. The van der Waals surface area contributed by atoms with Crippen LogP contribution in [0.3, 0.4) is 0 Å². The molecule has 58 heavy (non-hydrogen) atoms. The summed E-state index contributed by atoms with van der Waals surface area (Å²) in [6.07, 6.45) is 27.2. The number of esters is 2. The van der Waals surface area contributed by atoms with E-state index in [4.69, 9.17) is 28.4 Å². The highest BCUT2D eigenvalue weighted by Crippen LogP contribution is 2.13. The SMILES string of the molecule is CCCCCCOCC(COCCCC)C(=O)OCCCCCCN(CCCCCCOC(=O)C(COCCCC)COCCCCCC)CCCCN1CCCC1. The molecular formula is C48H94N2O8. The zero-order valence-electron chi connectivity index (χ0n) is 38.6. The second-order valence-electron chi connectivity index (χ2n) is 16.8. The van der Waals surface area contributed by atoms with Gasteiger partial charge in [-0.05, 0) is 116 Å². The van der Waals surface area contributed by atoms with Gasteiger partial charge in [0.2, 0.25) is 0 Å². The van der Waals surface area contributed by atoms with Gasteiger partial charge in [-0.1, -0.05) is 105 Å². The summed E-state index contributed by atoms with van der Waals surface area (Å²) >= 11 is 0. The molecule has 0 aromatic carbocycles. The van der Waals surface area contributed by atoms with Gasteiger partial charge in [-0.2, -0.15) is 0 Å². The quantitative estimate of drug-likeness (QED) is 0.0436. The van der Waals surface area contributed by atoms with E-state index in [2.05, 4.69) is 37.5 Å². The normalized spacial score (nSPS) is 14.4. The van der Waals surface area contributed by atoms with Crippen LogP contribution in [0.1, 0.15) is 182 Å². The van der Waals surface area contributed by atoms with E-state index < -0.39 is 0 Å². The highest BCUT2D eigenvalue weighted by Gasteiger charge is 2.22. The van der Waals surface area contributed by atoms with Crippen molar-refractivity contribution in [1.82, 2.24) is 9.80 Å². The van der Waals surface area contributed by atoms with Gasteiger partial charge in [0.05, 0.1) is 39.6 Å². The van der Waals surface area contributed by atoms with E-state index in [1.165, 1.54) is 96.7 Å². The Kier molecular flexibility index (Phi) is 40.0. The Hall–Kier alpha value is -1.30. The van der Waals surface area contributed by atoms with Crippen molar-refractivity contribution in [3.8, 4) is 0 Å². The lowest BCUT2D eigenvalue weighted by molar-refractivity contribution is -0.154. The summed E-state index contributed by atoms with van der Waals surface area (Å²) in [5.74, 6) is -1.06. The lowest BCUT2D eigenvalue weighted by Gasteiger charge is -2.23. The number of hydrogen-bond donors (Lipinski definition) is 0. The average molecular weight is 827 g/mol. The molecule has 0 N–H and O–H groups in total. The molecule has 1 aliphatic rings. The minimum Gasteiger partial charge on any atom is -0.465 e. The van der Waals surface area contributed by atoms with Gasteiger partial charge >= 0.3 is 11.9 Å². The molecule has 2 unspecified atom stereocenters. The Morgan fingerprint density at radius 3 is 1.19 bits per heavy atom. The molecular weight excluding hydrogens is 733 g/mol. The monoisotopic (exact) mass is 827 g/mol. The number of ether oxygens (including phenoxy) is 6. The van der Waals surface area contributed by atoms with Crippen molar-refractivity contribution in [2.75, 3.05) is 105 Å². The molecule has 1 fully saturated rings. The summed E-state index contributed by atoms with van der Waals surface area (Å²) in [6, 6.07) is 0. The number of unbranched alkanes of at least 4 members (excludes halogenated alkanes) is 15. The summed E-state index contributed by atoms with van der Waals surface area (Å²) in [7, 11) is 0. The minimum absolute atomic E-state index is 0.182. The fourth-order valence-electron chi connectivity index (χ4n) is 7.20. The predicted octanol–water partition coefficient (Wildman–Crippen LogP) is 10.4. The molecule has 2 atom stereocenters. The Morgan fingerprint density at radius 2 is 0.776 bits per heavy atom. The van der Waals surface area contributed by atoms with Crippen molar-refractivity contribution >= 4 is 11.9 Å². The maximum absolute atomic E-state index is 12.9. The molecule has 0 saturated carbocycles. The third kappa shape index (κ3) is 33.4. The van der Waals surface area contributed by atoms with Gasteiger partial charge in [-0.25, -0.2) is 0 Å². The van der Waals surface area contributed by atoms with E-state index >= 15 is 0 Å². The zero-order chi connectivity index (χ0) is 42.0. The third-order valence-corrected chi connectivity index (χ3v) is 11.1. The lowest BCUT2D eigenvalue weighted by atomic mass is 10.1. The summed E-state index contributed by atoms with van der Waals surface area (Å²) in [5.41, 5.74) is 0. The highest BCUT2D eigenvalue weighted by atomic mass is 16.5. The van der Waals surface area contributed by atoms with E-state index in [0.29, 0.717) is 66.1 Å². The van der Waals surface area contributed by atoms with Gasteiger partial charge in [-0.3, -0.25) is 9.59 Å². The molecule has 10 nitrogen and oxygen atoms in total. The number of nitrogens with zero attached hydrogens (tertiary/aromatic N) is 2. The molecule has 0 spiro atoms. The number of likely N-dealkylation sites (tertiary alicyclic amines) is 1. The van der Waals surface area contributed by atoms with Crippen molar-refractivity contribution in [2.45, 2.75) is 182 Å². The number of hydrogen-bond acceptors (Lipinski definition) is 10. The van der Waals surface area contributed by atoms with Crippen LogP contribution in [0, 0.1) is 11.8 Å². The molecule has 0 aromatic rings. The van der Waals surface area contributed by atoms with Crippen molar-refractivity contribution < 1.29 is 38.0 Å². The molecule has 10 heteroatoms. The lowest BCUT2D eigenvalue weighted by Crippen LogP contribution is -2.29. The van der Waals surface area contributed by atoms with Gasteiger partial charge in [0.1, 0.15) is 11.8 Å². The van der Waals surface area contributed by atoms with Crippen LogP contribution in [-0.4, -0.2) is 127 Å². The van der Waals surface area contributed by atoms with E-state index in [1.54, 1.807) is 0 Å². The Morgan fingerprint density at radius 1 is 0.431 bits per heavy atom. The topological polar surface area (TPSA) is 96.0 Å². The highest BCUT2D eigenvalue weighted by molar-refractivity contribution is 5.73. The number of rotatable bonds is 45. The van der Waals surface area contributed by atoms with Crippen LogP contribution in [-0.2, 0) is 38.0 Å². The Bertz CT molecular complexity index is 832. The van der Waals surface area contributed by atoms with Crippen LogP contribution in [0.15, 0.2) is 0 Å². The van der Waals surface area contributed by atoms with Gasteiger partial charge in [-0.15, -0.1) is 0 Å². The maximum atomic E-state index is 12.9. The fourth-order valence-corrected chi connectivity index (χ4v) is 7.20. The Labute approximate surface area is 357 Å². The second kappa shape index (κ2) is 42.4. The van der Waals surface area contributed by atoms with Gasteiger partial charge < -0.3 is 38.2 Å². The molecule has 1 saturated heterocycles. The molecule has 344 valence electrons. The zero-order valence-corrected chi connectivity index (χ0v) is 38.6. The molecule has 1 rings (SSSR count). The second-order valence-corrected chi connectivity index (χ2v) is 16.8. The van der Waals surface area contributed by atoms with Gasteiger partial charge in [0.15, 0.2) is 0 Å². The predicted molar refractivity (Wildman–Crippen MR) is 239 cm³/mol. The van der Waals surface area contributed by atoms with Crippen LogP contribution >= 0.6 is 0 Å². The first-order valence-corrected chi connectivity index (χ1v) is 24.6. The summed E-state index contributed by atoms with van der Waals surface area (Å²) in [6.45, 7) is 21.1. The number of carbonyl (C=O) groups excluding carboxylic acids is 2. The number of carbonyl (C=O) groups is 2. The fraction of sp³-hybridized carbons (Fsp3) is 0.958. The molecule has 0 aliphatic carbocycles. The first kappa shape index (κ1) is 54.7. The van der Waals surface area contributed by atoms with Crippen molar-refractivity contribution in [3.05, 3.63) is 0 Å². The third-order valence-electron chi connectivity index (χ3n) is 11.1. The molecule has 0 amide bonds. The summed E-state index contributed by atoms with van der Waals surface area (Å²) < 4.78 is 34.7. The molecule has 0 aromatic heterocycles. The van der Waals surface area contributed by atoms with Crippen LogP contribution < -0.4 is 0 Å². The Balaban J connectivity index is 2.38. The maximum Gasteiger partial charge on any atom is 0.313 e. The summed E-state index contributed by atoms with van der Waals surface area (Å²) in [5, 5.41) is 0. The van der Waals surface area contributed by atoms with Crippen LogP contribution in [0.5, 0.6) is 0 Å². The van der Waals surface area contributed by atoms with E-state index in [0.717, 1.165) is 96.7 Å². The molecule has 0 radical (unpaired) electrons. The van der Waals surface area contributed by atoms with E-state index in [9.17, 15) is 9.59 Å². The standard InChI is InChI=1S/C48H94N2O8/c1-5-9-13-25-37-55-43-45(41-53-35-11-7-3)47(51)57-39-27-17-15-19-29-49(31-21-22-32-50-33-23-24-34-50)30-20-16-18-28-40-58-48(52)46(42-54-36-12-8-4)44-56-38-26-14-10-6-2/h45-46H,5-44H2,1-4H3. The van der Waals surface area contributed by atoms with Crippen molar-refractivity contribution in [1.29, 1.82) is 0 Å². The minimum atomic E-state index is -0.348. The van der Waals surface area contributed by atoms with Gasteiger partial charge in [0.25, 0.3) is 0 Å². The van der Waals surface area contributed by atoms with Crippen molar-refractivity contribution in [3.63, 3.8) is 0 Å². The van der Waals surface area contributed by atoms with Crippen LogP contribution in [0.4, 0.5) is 0 Å². The van der Waals surface area contributed by atoms with E-state index in [-0.39, 0.29) is 23.8 Å². The molecule has 1 heterocycles. The molecule has 0 bridgehead atoms. The first-order valence-electron chi connectivity index (χ1n) is 24.6. The largest absolute Gasteiger partial charge is 0.465 e. The van der Waals surface area contributed by atoms with Crippen molar-refractivity contribution in [2.24, 2.45) is 11.8 Å². The van der Waals surface area contributed by atoms with Crippen LogP contribution in [0.2, 0.25) is 0 Å². The average Bonchev–Trinajstić information content (AvgIpc) is 3.76. The molecule has 1 aliphatic heterocycles. The van der Waals surface area contributed by atoms with Crippen LogP contribution in [0.25, 0.3) is 0 Å². The first-order chi connectivity index (χ1) is 28.5. The van der Waals surface area contributed by atoms with Gasteiger partial charge in [0, 0.05) is 26.4 Å². The van der Waals surface area contributed by atoms with E-state index in [1.807, 2.05) is 0 Å². The smallest absolute Gasteiger partial charge is 0.313 e.